The summed E-state index contributed by atoms with van der Waals surface area (Å²) in [5.74, 6) is -0.201. The summed E-state index contributed by atoms with van der Waals surface area (Å²) < 4.78 is 10.1. The van der Waals surface area contributed by atoms with Crippen LogP contribution in [0.3, 0.4) is 0 Å². The number of hydrogen-bond acceptors (Lipinski definition) is 6. The van der Waals surface area contributed by atoms with Crippen LogP contribution in [-0.4, -0.2) is 29.5 Å². The van der Waals surface area contributed by atoms with Gasteiger partial charge in [-0.15, -0.1) is 0 Å². The molecule has 1 amide bonds. The number of rotatable bonds is 8. The molecular weight excluding hydrogens is 286 g/mol. The summed E-state index contributed by atoms with van der Waals surface area (Å²) in [5, 5.41) is 2.68. The molecule has 1 heterocycles. The van der Waals surface area contributed by atoms with Crippen LogP contribution in [0.1, 0.15) is 63.0 Å². The summed E-state index contributed by atoms with van der Waals surface area (Å²) in [6.45, 7) is 7.80. The second-order valence-corrected chi connectivity index (χ2v) is 5.37. The van der Waals surface area contributed by atoms with Crippen molar-refractivity contribution in [3.05, 3.63) is 17.8 Å². The summed E-state index contributed by atoms with van der Waals surface area (Å²) in [4.78, 5) is 27.5. The number of nitrogens with one attached hydrogen (secondary N) is 1. The second kappa shape index (κ2) is 8.53. The Kier molecular flexibility index (Phi) is 7.04. The third-order valence-electron chi connectivity index (χ3n) is 3.45. The molecule has 0 saturated carbocycles. The fraction of sp³-hybridized carbons (Fsp3) is 0.667. The molecule has 0 saturated heterocycles. The average molecular weight is 311 g/mol. The van der Waals surface area contributed by atoms with Gasteiger partial charge in [0.15, 0.2) is 5.69 Å². The van der Waals surface area contributed by atoms with E-state index < -0.39 is 5.91 Å². The molecule has 0 aliphatic heterocycles. The zero-order valence-corrected chi connectivity index (χ0v) is 13.6. The summed E-state index contributed by atoms with van der Waals surface area (Å²) in [6.07, 6.45) is 2.28. The molecule has 3 N–H and O–H groups in total. The van der Waals surface area contributed by atoms with Crippen molar-refractivity contribution in [2.75, 3.05) is 6.61 Å². The number of carbonyl (C=O) groups excluding carboxylic acids is 2. The van der Waals surface area contributed by atoms with E-state index in [2.05, 4.69) is 10.3 Å². The van der Waals surface area contributed by atoms with Gasteiger partial charge in [0.1, 0.15) is 6.26 Å². The minimum atomic E-state index is -0.400. The van der Waals surface area contributed by atoms with Crippen molar-refractivity contribution in [2.24, 2.45) is 11.7 Å². The highest BCUT2D eigenvalue weighted by Gasteiger charge is 2.22. The van der Waals surface area contributed by atoms with E-state index in [4.69, 9.17) is 14.9 Å². The van der Waals surface area contributed by atoms with Crippen LogP contribution < -0.4 is 11.1 Å². The molecule has 0 fully saturated rings. The van der Waals surface area contributed by atoms with Crippen molar-refractivity contribution in [1.29, 1.82) is 0 Å². The molecule has 7 heteroatoms. The molecule has 0 bridgehead atoms. The minimum absolute atomic E-state index is 0.108. The van der Waals surface area contributed by atoms with Crippen LogP contribution in [0.5, 0.6) is 0 Å². The van der Waals surface area contributed by atoms with Crippen molar-refractivity contribution in [3.63, 3.8) is 0 Å². The molecule has 1 aromatic rings. The van der Waals surface area contributed by atoms with Crippen LogP contribution in [0.25, 0.3) is 0 Å². The predicted octanol–water partition coefficient (Wildman–Crippen LogP) is 1.79. The molecule has 0 radical (unpaired) electrons. The van der Waals surface area contributed by atoms with E-state index in [-0.39, 0.29) is 36.1 Å². The number of esters is 1. The van der Waals surface area contributed by atoms with Gasteiger partial charge in [-0.3, -0.25) is 9.59 Å². The standard InChI is InChI=1S/C15H25N3O4/c1-5-9(3)13(16)15-18-11(8-22-15)14(20)17-10(4)7-12(19)21-6-2/h8-10,13H,5-7,16H2,1-4H3,(H,17,20). The summed E-state index contributed by atoms with van der Waals surface area (Å²) in [5.41, 5.74) is 6.17. The smallest absolute Gasteiger partial charge is 0.307 e. The van der Waals surface area contributed by atoms with Gasteiger partial charge in [-0.1, -0.05) is 20.3 Å². The van der Waals surface area contributed by atoms with E-state index in [1.807, 2.05) is 13.8 Å². The lowest BCUT2D eigenvalue weighted by Gasteiger charge is -2.14. The van der Waals surface area contributed by atoms with Crippen LogP contribution in [0.4, 0.5) is 0 Å². The third kappa shape index (κ3) is 5.14. The van der Waals surface area contributed by atoms with E-state index in [1.54, 1.807) is 13.8 Å². The van der Waals surface area contributed by atoms with Crippen molar-refractivity contribution in [2.45, 2.75) is 52.6 Å². The first kappa shape index (κ1) is 18.2. The van der Waals surface area contributed by atoms with Crippen molar-refractivity contribution < 1.29 is 18.7 Å². The first-order valence-corrected chi connectivity index (χ1v) is 7.56. The Labute approximate surface area is 130 Å². The number of nitrogens with two attached hydrogens (primary N) is 1. The third-order valence-corrected chi connectivity index (χ3v) is 3.45. The van der Waals surface area contributed by atoms with Crippen LogP contribution in [0, 0.1) is 5.92 Å². The van der Waals surface area contributed by atoms with E-state index >= 15 is 0 Å². The van der Waals surface area contributed by atoms with Crippen LogP contribution in [-0.2, 0) is 9.53 Å². The predicted molar refractivity (Wildman–Crippen MR) is 81.1 cm³/mol. The van der Waals surface area contributed by atoms with Crippen molar-refractivity contribution in [1.82, 2.24) is 10.3 Å². The fourth-order valence-electron chi connectivity index (χ4n) is 1.86. The lowest BCUT2D eigenvalue weighted by atomic mass is 10.0. The first-order valence-electron chi connectivity index (χ1n) is 7.56. The van der Waals surface area contributed by atoms with E-state index in [0.29, 0.717) is 12.5 Å². The fourth-order valence-corrected chi connectivity index (χ4v) is 1.86. The Balaban J connectivity index is 2.59. The van der Waals surface area contributed by atoms with E-state index in [0.717, 1.165) is 6.42 Å². The molecule has 0 aromatic carbocycles. The number of carbonyl (C=O) groups is 2. The minimum Gasteiger partial charge on any atom is -0.466 e. The summed E-state index contributed by atoms with van der Waals surface area (Å²) in [7, 11) is 0. The SMILES string of the molecule is CCOC(=O)CC(C)NC(=O)c1coc(C(N)C(C)CC)n1. The molecule has 7 nitrogen and oxygen atoms in total. The molecule has 22 heavy (non-hydrogen) atoms. The quantitative estimate of drug-likeness (QED) is 0.709. The van der Waals surface area contributed by atoms with Gasteiger partial charge in [-0.25, -0.2) is 4.98 Å². The number of ether oxygens (including phenoxy) is 1. The van der Waals surface area contributed by atoms with E-state index in [9.17, 15) is 9.59 Å². The maximum absolute atomic E-state index is 12.0. The van der Waals surface area contributed by atoms with Gasteiger partial charge in [0, 0.05) is 6.04 Å². The number of hydrogen-bond donors (Lipinski definition) is 2. The normalized spacial score (nSPS) is 15.0. The van der Waals surface area contributed by atoms with Gasteiger partial charge in [0.05, 0.1) is 19.1 Å². The summed E-state index contributed by atoms with van der Waals surface area (Å²) >= 11 is 0. The monoisotopic (exact) mass is 311 g/mol. The van der Waals surface area contributed by atoms with Gasteiger partial charge in [0.25, 0.3) is 5.91 Å². The van der Waals surface area contributed by atoms with Crippen LogP contribution in [0.2, 0.25) is 0 Å². The molecule has 0 aliphatic rings. The zero-order chi connectivity index (χ0) is 16.7. The Hall–Kier alpha value is -1.89. The maximum atomic E-state index is 12.0. The number of amides is 1. The molecule has 3 atom stereocenters. The van der Waals surface area contributed by atoms with Gasteiger partial charge in [-0.2, -0.15) is 0 Å². The topological polar surface area (TPSA) is 107 Å². The number of nitrogens with zero attached hydrogens (tertiary/aromatic N) is 1. The van der Waals surface area contributed by atoms with Crippen molar-refractivity contribution in [3.8, 4) is 0 Å². The Morgan fingerprint density at radius 1 is 1.41 bits per heavy atom. The Morgan fingerprint density at radius 3 is 2.68 bits per heavy atom. The molecule has 3 unspecified atom stereocenters. The molecular formula is C15H25N3O4. The van der Waals surface area contributed by atoms with Gasteiger partial charge < -0.3 is 20.2 Å². The Bertz CT molecular complexity index is 501. The molecule has 0 aliphatic carbocycles. The van der Waals surface area contributed by atoms with Gasteiger partial charge in [0.2, 0.25) is 5.89 Å². The number of aromatic nitrogens is 1. The zero-order valence-electron chi connectivity index (χ0n) is 13.6. The first-order chi connectivity index (χ1) is 10.4. The second-order valence-electron chi connectivity index (χ2n) is 5.37. The highest BCUT2D eigenvalue weighted by molar-refractivity contribution is 5.92. The lowest BCUT2D eigenvalue weighted by Crippen LogP contribution is -2.34. The molecule has 0 spiro atoms. The lowest BCUT2D eigenvalue weighted by molar-refractivity contribution is -0.143. The van der Waals surface area contributed by atoms with Crippen LogP contribution >= 0.6 is 0 Å². The molecule has 124 valence electrons. The maximum Gasteiger partial charge on any atom is 0.307 e. The largest absolute Gasteiger partial charge is 0.466 e. The highest BCUT2D eigenvalue weighted by atomic mass is 16.5. The Morgan fingerprint density at radius 2 is 2.09 bits per heavy atom. The van der Waals surface area contributed by atoms with Crippen LogP contribution in [0.15, 0.2) is 10.7 Å². The van der Waals surface area contributed by atoms with Crippen molar-refractivity contribution >= 4 is 11.9 Å². The average Bonchev–Trinajstić information content (AvgIpc) is 2.95. The van der Waals surface area contributed by atoms with E-state index in [1.165, 1.54) is 6.26 Å². The van der Waals surface area contributed by atoms with Gasteiger partial charge >= 0.3 is 5.97 Å². The summed E-state index contributed by atoms with van der Waals surface area (Å²) in [6, 6.07) is -0.696. The molecule has 1 rings (SSSR count). The highest BCUT2D eigenvalue weighted by Crippen LogP contribution is 2.21. The number of oxazole rings is 1. The van der Waals surface area contributed by atoms with Gasteiger partial charge in [-0.05, 0) is 19.8 Å². The molecule has 1 aromatic heterocycles.